The van der Waals surface area contributed by atoms with E-state index in [4.69, 9.17) is 5.11 Å². The summed E-state index contributed by atoms with van der Waals surface area (Å²) < 4.78 is 0. The van der Waals surface area contributed by atoms with Crippen LogP contribution in [0.25, 0.3) is 0 Å². The second-order valence-corrected chi connectivity index (χ2v) is 6.34. The first-order valence-corrected chi connectivity index (χ1v) is 7.81. The van der Waals surface area contributed by atoms with E-state index in [2.05, 4.69) is 5.32 Å². The van der Waals surface area contributed by atoms with Crippen molar-refractivity contribution in [2.75, 3.05) is 32.1 Å². The van der Waals surface area contributed by atoms with Crippen molar-refractivity contribution in [3.63, 3.8) is 0 Å². The topological polar surface area (TPSA) is 86.7 Å². The third-order valence-corrected chi connectivity index (χ3v) is 4.42. The van der Waals surface area contributed by atoms with E-state index in [0.29, 0.717) is 6.54 Å². The van der Waals surface area contributed by atoms with E-state index in [1.807, 2.05) is 0 Å². The van der Waals surface area contributed by atoms with Crippen LogP contribution in [0.3, 0.4) is 0 Å². The van der Waals surface area contributed by atoms with E-state index in [-0.39, 0.29) is 23.3 Å². The zero-order chi connectivity index (χ0) is 15.2. The van der Waals surface area contributed by atoms with Gasteiger partial charge >= 0.3 is 5.97 Å². The zero-order valence-electron chi connectivity index (χ0n) is 12.0. The Morgan fingerprint density at radius 3 is 2.30 bits per heavy atom. The van der Waals surface area contributed by atoms with Crippen molar-refractivity contribution in [1.82, 2.24) is 10.2 Å². The van der Waals surface area contributed by atoms with Crippen LogP contribution in [0.5, 0.6) is 0 Å². The van der Waals surface area contributed by atoms with Crippen molar-refractivity contribution < 1.29 is 19.5 Å². The number of hydrogen-bond donors (Lipinski definition) is 2. The molecule has 2 N–H and O–H groups in total. The van der Waals surface area contributed by atoms with Gasteiger partial charge < -0.3 is 15.3 Å². The van der Waals surface area contributed by atoms with Crippen LogP contribution in [0.15, 0.2) is 0 Å². The van der Waals surface area contributed by atoms with E-state index < -0.39 is 11.4 Å². The Bertz CT molecular complexity index is 379. The first kappa shape index (κ1) is 16.8. The van der Waals surface area contributed by atoms with Gasteiger partial charge in [-0.05, 0) is 12.8 Å². The Morgan fingerprint density at radius 2 is 1.80 bits per heavy atom. The van der Waals surface area contributed by atoms with Gasteiger partial charge in [-0.1, -0.05) is 12.8 Å². The average Bonchev–Trinajstić information content (AvgIpc) is 2.85. The fourth-order valence-corrected chi connectivity index (χ4v) is 3.11. The molecule has 1 saturated carbocycles. The molecule has 0 spiro atoms. The molecule has 7 heteroatoms. The Morgan fingerprint density at radius 1 is 1.20 bits per heavy atom. The predicted octanol–water partition coefficient (Wildman–Crippen LogP) is 0.569. The summed E-state index contributed by atoms with van der Waals surface area (Å²) in [4.78, 5) is 35.9. The van der Waals surface area contributed by atoms with Gasteiger partial charge in [0.25, 0.3) is 0 Å². The molecule has 6 nitrogen and oxygen atoms in total. The van der Waals surface area contributed by atoms with Crippen LogP contribution < -0.4 is 5.32 Å². The van der Waals surface area contributed by atoms with Crippen LogP contribution in [0.2, 0.25) is 0 Å². The van der Waals surface area contributed by atoms with E-state index in [9.17, 15) is 14.4 Å². The molecule has 114 valence electrons. The molecule has 0 aromatic rings. The smallest absolute Gasteiger partial charge is 0.313 e. The maximum Gasteiger partial charge on any atom is 0.313 e. The maximum absolute atomic E-state index is 12.3. The van der Waals surface area contributed by atoms with Crippen LogP contribution in [-0.2, 0) is 14.4 Å². The number of carboxylic acid groups (broad SMARTS) is 1. The molecule has 0 atom stereocenters. The van der Waals surface area contributed by atoms with Crippen molar-refractivity contribution in [2.45, 2.75) is 25.7 Å². The van der Waals surface area contributed by atoms with Crippen LogP contribution in [-0.4, -0.2) is 59.9 Å². The molecule has 2 amide bonds. The van der Waals surface area contributed by atoms with E-state index >= 15 is 0 Å². The van der Waals surface area contributed by atoms with Crippen molar-refractivity contribution in [3.8, 4) is 0 Å². The number of carboxylic acids is 1. The highest BCUT2D eigenvalue weighted by molar-refractivity contribution is 8.00. The standard InChI is InChI=1S/C13H22N2O4S/c1-15(2)12(19)13(5-3-4-6-13)9-14-10(16)7-20-8-11(17)18/h3-9H2,1-2H3,(H,14,16)(H,17,18). The lowest BCUT2D eigenvalue weighted by atomic mass is 9.84. The molecule has 0 aliphatic heterocycles. The van der Waals surface area contributed by atoms with Crippen LogP contribution in [0, 0.1) is 5.41 Å². The molecule has 20 heavy (non-hydrogen) atoms. The molecule has 1 rings (SSSR count). The highest BCUT2D eigenvalue weighted by atomic mass is 32.2. The van der Waals surface area contributed by atoms with Gasteiger partial charge in [0.15, 0.2) is 0 Å². The monoisotopic (exact) mass is 302 g/mol. The van der Waals surface area contributed by atoms with Gasteiger partial charge in [0.05, 0.1) is 16.9 Å². The van der Waals surface area contributed by atoms with E-state index in [1.54, 1.807) is 19.0 Å². The highest BCUT2D eigenvalue weighted by Gasteiger charge is 2.42. The first-order valence-electron chi connectivity index (χ1n) is 6.65. The summed E-state index contributed by atoms with van der Waals surface area (Å²) in [5.74, 6) is -1.06. The van der Waals surface area contributed by atoms with Gasteiger partial charge in [0.2, 0.25) is 11.8 Å². The van der Waals surface area contributed by atoms with Crippen molar-refractivity contribution in [3.05, 3.63) is 0 Å². The Hall–Kier alpha value is -1.24. The van der Waals surface area contributed by atoms with Crippen molar-refractivity contribution >= 4 is 29.5 Å². The minimum atomic E-state index is -0.933. The molecule has 0 saturated heterocycles. The molecule has 0 heterocycles. The molecule has 1 aliphatic rings. The van der Waals surface area contributed by atoms with Gasteiger partial charge in [-0.25, -0.2) is 0 Å². The molecule has 0 aromatic carbocycles. The van der Waals surface area contributed by atoms with Gasteiger partial charge in [0.1, 0.15) is 0 Å². The largest absolute Gasteiger partial charge is 0.481 e. The van der Waals surface area contributed by atoms with Gasteiger partial charge in [-0.3, -0.25) is 14.4 Å². The molecule has 1 fully saturated rings. The number of nitrogens with one attached hydrogen (secondary N) is 1. The second-order valence-electron chi connectivity index (χ2n) is 5.35. The minimum Gasteiger partial charge on any atom is -0.481 e. The number of hydrogen-bond acceptors (Lipinski definition) is 4. The third-order valence-electron chi connectivity index (χ3n) is 3.50. The molecule has 0 aromatic heterocycles. The number of thioether (sulfide) groups is 1. The van der Waals surface area contributed by atoms with E-state index in [0.717, 1.165) is 37.4 Å². The summed E-state index contributed by atoms with van der Waals surface area (Å²) in [7, 11) is 3.46. The predicted molar refractivity (Wildman–Crippen MR) is 77.6 cm³/mol. The highest BCUT2D eigenvalue weighted by Crippen LogP contribution is 2.38. The summed E-state index contributed by atoms with van der Waals surface area (Å²) in [5.41, 5.74) is -0.476. The number of aliphatic carboxylic acids is 1. The second kappa shape index (κ2) is 7.52. The normalized spacial score (nSPS) is 16.7. The van der Waals surface area contributed by atoms with Crippen LogP contribution in [0.4, 0.5) is 0 Å². The average molecular weight is 302 g/mol. The SMILES string of the molecule is CN(C)C(=O)C1(CNC(=O)CSCC(=O)O)CCCC1. The lowest BCUT2D eigenvalue weighted by Gasteiger charge is -2.30. The summed E-state index contributed by atoms with van der Waals surface area (Å²) in [6.07, 6.45) is 3.60. The van der Waals surface area contributed by atoms with Crippen LogP contribution in [0.1, 0.15) is 25.7 Å². The van der Waals surface area contributed by atoms with Gasteiger partial charge in [-0.15, -0.1) is 11.8 Å². The quantitative estimate of drug-likeness (QED) is 0.718. The molecule has 0 radical (unpaired) electrons. The summed E-state index contributed by atoms with van der Waals surface area (Å²) in [6, 6.07) is 0. The first-order chi connectivity index (χ1) is 9.37. The number of nitrogens with zero attached hydrogens (tertiary/aromatic N) is 1. The number of carbonyl (C=O) groups excluding carboxylic acids is 2. The summed E-state index contributed by atoms with van der Waals surface area (Å²) >= 11 is 1.06. The van der Waals surface area contributed by atoms with E-state index in [1.165, 1.54) is 0 Å². The Balaban J connectivity index is 2.45. The lowest BCUT2D eigenvalue weighted by Crippen LogP contribution is -2.46. The maximum atomic E-state index is 12.3. The molecular weight excluding hydrogens is 280 g/mol. The molecular formula is C13H22N2O4S. The fourth-order valence-electron chi connectivity index (χ4n) is 2.54. The minimum absolute atomic E-state index is 0.0634. The Labute approximate surface area is 123 Å². The Kier molecular flexibility index (Phi) is 6.32. The third kappa shape index (κ3) is 4.70. The van der Waals surface area contributed by atoms with Crippen molar-refractivity contribution in [2.24, 2.45) is 5.41 Å². The molecule has 1 aliphatic carbocycles. The van der Waals surface area contributed by atoms with Gasteiger partial charge in [0, 0.05) is 20.6 Å². The number of rotatable bonds is 7. The summed E-state index contributed by atoms with van der Waals surface area (Å²) in [5, 5.41) is 11.3. The van der Waals surface area contributed by atoms with Crippen LogP contribution >= 0.6 is 11.8 Å². The fraction of sp³-hybridized carbons (Fsp3) is 0.769. The molecule has 0 unspecified atom stereocenters. The number of amides is 2. The van der Waals surface area contributed by atoms with Crippen molar-refractivity contribution in [1.29, 1.82) is 0 Å². The zero-order valence-corrected chi connectivity index (χ0v) is 12.8. The lowest BCUT2D eigenvalue weighted by molar-refractivity contribution is -0.139. The summed E-state index contributed by atoms with van der Waals surface area (Å²) in [6.45, 7) is 0.344. The molecule has 0 bridgehead atoms. The van der Waals surface area contributed by atoms with Gasteiger partial charge in [-0.2, -0.15) is 0 Å². The number of carbonyl (C=O) groups is 3.